The number of nitrogens with zero attached hydrogens (tertiary/aromatic N) is 2. The first kappa shape index (κ1) is 18.9. The zero-order valence-electron chi connectivity index (χ0n) is 13.4. The van der Waals surface area contributed by atoms with E-state index in [0.29, 0.717) is 0 Å². The van der Waals surface area contributed by atoms with Gasteiger partial charge in [0.2, 0.25) is 0 Å². The normalized spacial score (nSPS) is 12.7. The Morgan fingerprint density at radius 2 is 1.19 bits per heavy atom. The number of benzene rings is 3. The van der Waals surface area contributed by atoms with Crippen LogP contribution in [0.3, 0.4) is 0 Å². The van der Waals surface area contributed by atoms with Crippen LogP contribution in [0, 0.1) is 0 Å². The molecule has 27 heavy (non-hydrogen) atoms. The van der Waals surface area contributed by atoms with Crippen LogP contribution < -0.4 is 0 Å². The topological polar surface area (TPSA) is 154 Å². The number of fused-ring (bicyclic) bond motifs is 1. The maximum atomic E-state index is 11.7. The molecular weight excluding hydrogens is 396 g/mol. The van der Waals surface area contributed by atoms with Gasteiger partial charge in [0, 0.05) is 10.8 Å². The van der Waals surface area contributed by atoms with E-state index >= 15 is 0 Å². The second-order valence-electron chi connectivity index (χ2n) is 5.41. The molecule has 0 amide bonds. The summed E-state index contributed by atoms with van der Waals surface area (Å²) in [5.74, 6) is -0.411. The Kier molecular flexibility index (Phi) is 4.70. The molecular formula is C16H12N2O7S2. The predicted molar refractivity (Wildman–Crippen MR) is 95.9 cm³/mol. The smallest absolute Gasteiger partial charge is 0.296 e. The molecule has 0 heterocycles. The van der Waals surface area contributed by atoms with Crippen molar-refractivity contribution >= 4 is 42.4 Å². The van der Waals surface area contributed by atoms with Gasteiger partial charge in [-0.1, -0.05) is 36.4 Å². The van der Waals surface area contributed by atoms with Crippen LogP contribution in [0.15, 0.2) is 74.6 Å². The Morgan fingerprint density at radius 3 is 1.81 bits per heavy atom. The Labute approximate surface area is 154 Å². The maximum Gasteiger partial charge on any atom is 0.296 e. The van der Waals surface area contributed by atoms with Crippen LogP contribution in [0.4, 0.5) is 11.4 Å². The van der Waals surface area contributed by atoms with Gasteiger partial charge in [-0.15, -0.1) is 10.2 Å². The highest BCUT2D eigenvalue weighted by molar-refractivity contribution is 7.86. The minimum Gasteiger partial charge on any atom is -0.505 e. The number of phenols is 1. The quantitative estimate of drug-likeness (QED) is 0.441. The molecule has 0 fully saturated rings. The third kappa shape index (κ3) is 3.80. The zero-order chi connectivity index (χ0) is 19.8. The Morgan fingerprint density at radius 1 is 0.667 bits per heavy atom. The Balaban J connectivity index is 2.23. The molecule has 0 saturated heterocycles. The lowest BCUT2D eigenvalue weighted by Crippen LogP contribution is -1.99. The highest BCUT2D eigenvalue weighted by Gasteiger charge is 2.20. The summed E-state index contributed by atoms with van der Waals surface area (Å²) in [7, 11) is -9.20. The van der Waals surface area contributed by atoms with Gasteiger partial charge in [0.1, 0.15) is 21.2 Å². The van der Waals surface area contributed by atoms with E-state index in [1.54, 1.807) is 6.07 Å². The number of phenolic OH excluding ortho intramolecular Hbond substituents is 1. The first-order chi connectivity index (χ1) is 12.6. The van der Waals surface area contributed by atoms with Crippen molar-refractivity contribution in [2.75, 3.05) is 0 Å². The van der Waals surface area contributed by atoms with Crippen molar-refractivity contribution in [2.24, 2.45) is 10.2 Å². The average Bonchev–Trinajstić information content (AvgIpc) is 2.60. The molecule has 0 aliphatic heterocycles. The van der Waals surface area contributed by atoms with Gasteiger partial charge < -0.3 is 5.11 Å². The molecule has 0 aromatic heterocycles. The fraction of sp³-hybridized carbons (Fsp3) is 0. The number of aromatic hydroxyl groups is 1. The molecule has 0 aliphatic rings. The minimum atomic E-state index is -4.63. The summed E-state index contributed by atoms with van der Waals surface area (Å²) in [6, 6.07) is 12.0. The summed E-state index contributed by atoms with van der Waals surface area (Å²) in [4.78, 5) is -1.00. The van der Waals surface area contributed by atoms with Gasteiger partial charge in [-0.05, 0) is 18.2 Å². The van der Waals surface area contributed by atoms with Gasteiger partial charge in [-0.25, -0.2) is 0 Å². The summed E-state index contributed by atoms with van der Waals surface area (Å²) in [5, 5.41) is 17.9. The van der Waals surface area contributed by atoms with Crippen LogP contribution >= 0.6 is 0 Å². The minimum absolute atomic E-state index is 0.0785. The van der Waals surface area contributed by atoms with Crippen molar-refractivity contribution in [1.29, 1.82) is 0 Å². The molecule has 0 radical (unpaired) electrons. The van der Waals surface area contributed by atoms with Crippen molar-refractivity contribution in [3.8, 4) is 5.75 Å². The highest BCUT2D eigenvalue weighted by Crippen LogP contribution is 2.39. The lowest BCUT2D eigenvalue weighted by molar-refractivity contribution is 0.479. The molecule has 0 unspecified atom stereocenters. The Bertz CT molecular complexity index is 1280. The molecule has 0 bridgehead atoms. The highest BCUT2D eigenvalue weighted by atomic mass is 32.2. The summed E-state index contributed by atoms with van der Waals surface area (Å²) < 4.78 is 64.8. The molecule has 0 aliphatic carbocycles. The third-order valence-electron chi connectivity index (χ3n) is 3.64. The molecule has 0 atom stereocenters. The summed E-state index contributed by atoms with van der Waals surface area (Å²) in [6.45, 7) is 0. The van der Waals surface area contributed by atoms with Gasteiger partial charge >= 0.3 is 0 Å². The Hall–Kier alpha value is -2.86. The fourth-order valence-electron chi connectivity index (χ4n) is 2.47. The lowest BCUT2D eigenvalue weighted by atomic mass is 10.1. The molecule has 3 N–H and O–H groups in total. The number of rotatable bonds is 4. The van der Waals surface area contributed by atoms with E-state index in [9.17, 15) is 31.0 Å². The number of hydrogen-bond donors (Lipinski definition) is 3. The second-order valence-corrected chi connectivity index (χ2v) is 8.19. The fourth-order valence-corrected chi connectivity index (χ4v) is 3.81. The van der Waals surface area contributed by atoms with E-state index in [4.69, 9.17) is 0 Å². The van der Waals surface area contributed by atoms with E-state index in [2.05, 4.69) is 10.2 Å². The van der Waals surface area contributed by atoms with E-state index in [-0.39, 0.29) is 22.1 Å². The van der Waals surface area contributed by atoms with Crippen LogP contribution in [-0.4, -0.2) is 31.0 Å². The average molecular weight is 408 g/mol. The number of hydrogen-bond acceptors (Lipinski definition) is 7. The van der Waals surface area contributed by atoms with Crippen molar-refractivity contribution < 1.29 is 31.0 Å². The van der Waals surface area contributed by atoms with Gasteiger partial charge in [-0.3, -0.25) is 9.11 Å². The molecule has 9 nitrogen and oxygen atoms in total. The standard InChI is InChI=1S/C16H12N2O7S2/c19-16-11-6-2-1-5-10(11)15(27(23,24)25)9-13(16)18-17-12-7-3-4-8-14(12)26(20,21)22/h1-9,19H,(H,20,21,22)(H,23,24,25). The van der Waals surface area contributed by atoms with Crippen LogP contribution in [-0.2, 0) is 20.2 Å². The first-order valence-corrected chi connectivity index (χ1v) is 10.2. The number of azo groups is 1. The van der Waals surface area contributed by atoms with Crippen LogP contribution in [0.1, 0.15) is 0 Å². The largest absolute Gasteiger partial charge is 0.505 e. The third-order valence-corrected chi connectivity index (χ3v) is 5.44. The molecule has 3 rings (SSSR count). The van der Waals surface area contributed by atoms with Gasteiger partial charge in [0.15, 0.2) is 5.75 Å². The lowest BCUT2D eigenvalue weighted by Gasteiger charge is -2.08. The second kappa shape index (κ2) is 6.70. The van der Waals surface area contributed by atoms with Gasteiger partial charge in [0.05, 0.1) is 0 Å². The summed E-state index contributed by atoms with van der Waals surface area (Å²) >= 11 is 0. The molecule has 140 valence electrons. The van der Waals surface area contributed by atoms with Gasteiger partial charge in [-0.2, -0.15) is 16.8 Å². The monoisotopic (exact) mass is 408 g/mol. The molecule has 0 spiro atoms. The van der Waals surface area contributed by atoms with Crippen LogP contribution in [0.5, 0.6) is 5.75 Å². The van der Waals surface area contributed by atoms with E-state index in [1.807, 2.05) is 0 Å². The van der Waals surface area contributed by atoms with Crippen molar-refractivity contribution in [1.82, 2.24) is 0 Å². The van der Waals surface area contributed by atoms with Crippen molar-refractivity contribution in [2.45, 2.75) is 9.79 Å². The van der Waals surface area contributed by atoms with E-state index in [0.717, 1.165) is 12.1 Å². The van der Waals surface area contributed by atoms with Crippen LogP contribution in [0.25, 0.3) is 10.8 Å². The summed E-state index contributed by atoms with van der Waals surface area (Å²) in [5.41, 5.74) is -0.535. The SMILES string of the molecule is O=S(=O)(O)c1ccccc1N=Nc1cc(S(=O)(=O)O)c2ccccc2c1O. The summed E-state index contributed by atoms with van der Waals surface area (Å²) in [6.07, 6.45) is 0. The van der Waals surface area contributed by atoms with Gasteiger partial charge in [0.25, 0.3) is 20.2 Å². The first-order valence-electron chi connectivity index (χ1n) is 7.29. The molecule has 3 aromatic rings. The molecule has 11 heteroatoms. The van der Waals surface area contributed by atoms with Crippen LogP contribution in [0.2, 0.25) is 0 Å². The van der Waals surface area contributed by atoms with E-state index < -0.39 is 35.8 Å². The maximum absolute atomic E-state index is 11.7. The zero-order valence-corrected chi connectivity index (χ0v) is 15.0. The molecule has 3 aromatic carbocycles. The predicted octanol–water partition coefficient (Wildman–Crippen LogP) is 3.45. The van der Waals surface area contributed by atoms with E-state index in [1.165, 1.54) is 36.4 Å². The van der Waals surface area contributed by atoms with Crippen molar-refractivity contribution in [3.63, 3.8) is 0 Å². The van der Waals surface area contributed by atoms with Crippen molar-refractivity contribution in [3.05, 3.63) is 54.6 Å². The molecule has 0 saturated carbocycles.